The number of aryl methyl sites for hydroxylation is 2. The monoisotopic (exact) mass is 1330 g/mol. The third-order valence-electron chi connectivity index (χ3n) is 22.0. The molecule has 472 valence electrons. The molecule has 0 N–H and O–H groups in total. The van der Waals surface area contributed by atoms with Gasteiger partial charge in [-0.05, 0) is 133 Å². The van der Waals surface area contributed by atoms with Crippen molar-refractivity contribution in [1.29, 1.82) is 10.5 Å². The summed E-state index contributed by atoms with van der Waals surface area (Å²) >= 11 is 3.61. The van der Waals surface area contributed by atoms with Gasteiger partial charge in [0.1, 0.15) is 23.3 Å². The van der Waals surface area contributed by atoms with E-state index < -0.39 is 0 Å². The predicted octanol–water partition coefficient (Wildman–Crippen LogP) is 25.3. The van der Waals surface area contributed by atoms with Crippen molar-refractivity contribution in [2.45, 2.75) is 12.8 Å². The van der Waals surface area contributed by atoms with Gasteiger partial charge in [-0.1, -0.05) is 255 Å². The lowest BCUT2D eigenvalue weighted by atomic mass is 9.91. The first-order valence-electron chi connectivity index (χ1n) is 34.7. The summed E-state index contributed by atoms with van der Waals surface area (Å²) in [6, 6.07) is 116. The van der Waals surface area contributed by atoms with E-state index in [9.17, 15) is 10.5 Å². The van der Waals surface area contributed by atoms with Gasteiger partial charge in [0, 0.05) is 57.9 Å². The molecule has 0 unspecified atom stereocenters. The molecule has 6 heterocycles. The molecule has 15 aromatic carbocycles. The Morgan fingerprint density at radius 1 is 0.275 bits per heavy atom. The molecule has 0 spiro atoms. The van der Waals surface area contributed by atoms with Gasteiger partial charge in [0.2, 0.25) is 0 Å². The number of hydrogen-bond donors (Lipinski definition) is 0. The zero-order valence-corrected chi connectivity index (χ0v) is 56.4. The summed E-state index contributed by atoms with van der Waals surface area (Å²) in [6.07, 6.45) is 1.62. The summed E-state index contributed by atoms with van der Waals surface area (Å²) in [7, 11) is 0. The minimum Gasteiger partial charge on any atom is -0.306 e. The number of rotatable bonds is 7. The van der Waals surface area contributed by atoms with Crippen LogP contribution in [0.5, 0.6) is 0 Å². The molecule has 0 atom stereocenters. The first kappa shape index (κ1) is 56.9. The third kappa shape index (κ3) is 7.85. The number of thiophene rings is 2. The van der Waals surface area contributed by atoms with Crippen molar-refractivity contribution >= 4 is 151 Å². The Morgan fingerprint density at radius 2 is 0.676 bits per heavy atom. The quantitative estimate of drug-likeness (QED) is 0.160. The van der Waals surface area contributed by atoms with Crippen molar-refractivity contribution in [3.05, 3.63) is 326 Å². The second kappa shape index (κ2) is 21.7. The zero-order chi connectivity index (χ0) is 67.0. The normalized spacial score (nSPS) is 12.4. The minimum absolute atomic E-state index is 0.416. The molecule has 6 aromatic heterocycles. The summed E-state index contributed by atoms with van der Waals surface area (Å²) < 4.78 is 13.0. The molecule has 102 heavy (non-hydrogen) atoms. The van der Waals surface area contributed by atoms with E-state index in [1.165, 1.54) is 36.9 Å². The smallest absolute Gasteiger partial charge is 0.104 e. The van der Waals surface area contributed by atoms with Crippen LogP contribution < -0.4 is 0 Å². The summed E-state index contributed by atoms with van der Waals surface area (Å²) in [4.78, 5) is 1.17. The average Bonchev–Trinajstić information content (AvgIpc) is 1.47. The lowest BCUT2D eigenvalue weighted by molar-refractivity contribution is 0.944. The van der Waals surface area contributed by atoms with Gasteiger partial charge in [-0.3, -0.25) is 0 Å². The lowest BCUT2D eigenvalue weighted by Crippen LogP contribution is -2.17. The highest BCUT2D eigenvalue weighted by molar-refractivity contribution is 7.26. The Morgan fingerprint density at radius 3 is 1.28 bits per heavy atom. The summed E-state index contributed by atoms with van der Waals surface area (Å²) in [5, 5.41) is 42.8. The van der Waals surface area contributed by atoms with Crippen LogP contribution in [-0.2, 0) is 12.8 Å². The largest absolute Gasteiger partial charge is 0.306 e. The fourth-order valence-corrected chi connectivity index (χ4v) is 20.3. The number of para-hydroxylation sites is 4. The van der Waals surface area contributed by atoms with Crippen LogP contribution in [0.1, 0.15) is 22.3 Å². The molecule has 0 fully saturated rings. The Bertz CT molecular complexity index is 7250. The Balaban J connectivity index is 0.995. The number of nitrogens with zero attached hydrogens (tertiary/aromatic N) is 6. The van der Waals surface area contributed by atoms with E-state index in [2.05, 4.69) is 334 Å². The standard InChI is InChI=1S/C94H54N6S2/c95-53-77-88(98-81-39-15-9-31-67(81)68-32-10-16-40-82(68)98)90(100-84-52-58(62-27-5-6-28-63(62)64-36-20-24-56-22-2-4-26-60(56)64)44-46-70(84)74-48-50-76-72-34-12-18-42-86(72)102-94(76)92(74)100)78(54-96)87(97-79-37-13-7-29-65(79)66-30-8-14-38-80(66)97)89(77)99-83-51-57(61-35-19-23-55-21-1-3-25-59(55)61)43-45-69(83)73-47-49-75-71-33-11-17-41-85(71)101-93(75)91(73)99/h1-46,48,50-52H,47,49H2. The highest BCUT2D eigenvalue weighted by atomic mass is 32.1. The van der Waals surface area contributed by atoms with Gasteiger partial charge in [0.15, 0.2) is 0 Å². The summed E-state index contributed by atoms with van der Waals surface area (Å²) in [6.45, 7) is 0. The first-order chi connectivity index (χ1) is 50.6. The molecule has 0 amide bonds. The summed E-state index contributed by atoms with van der Waals surface area (Å²) in [5.74, 6) is 0. The fraction of sp³-hybridized carbons (Fsp3) is 0.0213. The second-order valence-corrected chi connectivity index (χ2v) is 29.1. The van der Waals surface area contributed by atoms with Crippen LogP contribution in [0.4, 0.5) is 0 Å². The Kier molecular flexibility index (Phi) is 12.1. The van der Waals surface area contributed by atoms with Gasteiger partial charge >= 0.3 is 0 Å². The number of benzene rings is 15. The van der Waals surface area contributed by atoms with E-state index in [-0.39, 0.29) is 0 Å². The molecule has 6 nitrogen and oxygen atoms in total. The van der Waals surface area contributed by atoms with E-state index in [1.54, 1.807) is 11.3 Å². The number of hydrogen-bond acceptors (Lipinski definition) is 4. The molecule has 1 aliphatic rings. The van der Waals surface area contributed by atoms with Crippen LogP contribution in [0.25, 0.3) is 195 Å². The molecule has 0 radical (unpaired) electrons. The third-order valence-corrected chi connectivity index (χ3v) is 24.4. The van der Waals surface area contributed by atoms with Crippen LogP contribution in [0.2, 0.25) is 0 Å². The van der Waals surface area contributed by atoms with Gasteiger partial charge in [0.25, 0.3) is 0 Å². The van der Waals surface area contributed by atoms with Crippen molar-refractivity contribution in [2.75, 3.05) is 0 Å². The van der Waals surface area contributed by atoms with Gasteiger partial charge in [-0.15, -0.1) is 22.7 Å². The van der Waals surface area contributed by atoms with Gasteiger partial charge < -0.3 is 18.3 Å². The topological polar surface area (TPSA) is 67.3 Å². The van der Waals surface area contributed by atoms with E-state index in [4.69, 9.17) is 0 Å². The van der Waals surface area contributed by atoms with E-state index in [1.807, 2.05) is 11.3 Å². The molecular formula is C94H54N6S2. The Hall–Kier alpha value is -13.1. The highest BCUT2D eigenvalue weighted by Gasteiger charge is 2.38. The molecule has 22 rings (SSSR count). The molecule has 1 aliphatic carbocycles. The molecule has 0 saturated heterocycles. The van der Waals surface area contributed by atoms with E-state index >= 15 is 0 Å². The van der Waals surface area contributed by atoms with E-state index in [0.29, 0.717) is 33.9 Å². The minimum atomic E-state index is 0.416. The van der Waals surface area contributed by atoms with Crippen LogP contribution in [0.3, 0.4) is 0 Å². The zero-order valence-electron chi connectivity index (χ0n) is 54.8. The van der Waals surface area contributed by atoms with Crippen molar-refractivity contribution in [1.82, 2.24) is 18.3 Å². The van der Waals surface area contributed by atoms with Gasteiger partial charge in [-0.2, -0.15) is 10.5 Å². The highest BCUT2D eigenvalue weighted by Crippen LogP contribution is 2.55. The molecule has 8 heteroatoms. The van der Waals surface area contributed by atoms with E-state index in [0.717, 1.165) is 159 Å². The van der Waals surface area contributed by atoms with Crippen LogP contribution >= 0.6 is 22.7 Å². The number of fused-ring (bicyclic) bond motifs is 22. The maximum absolute atomic E-state index is 13.7. The van der Waals surface area contributed by atoms with Crippen LogP contribution in [-0.4, -0.2) is 18.3 Å². The second-order valence-electron chi connectivity index (χ2n) is 27.0. The van der Waals surface area contributed by atoms with Crippen molar-refractivity contribution in [3.63, 3.8) is 0 Å². The maximum atomic E-state index is 13.7. The maximum Gasteiger partial charge on any atom is 0.104 e. The van der Waals surface area contributed by atoms with Crippen molar-refractivity contribution in [2.24, 2.45) is 0 Å². The summed E-state index contributed by atoms with van der Waals surface area (Å²) in [5.41, 5.74) is 19.9. The number of nitriles is 2. The molecule has 21 aromatic rings. The molecule has 0 bridgehead atoms. The Labute approximate surface area is 592 Å². The first-order valence-corrected chi connectivity index (χ1v) is 36.4. The van der Waals surface area contributed by atoms with Crippen molar-refractivity contribution in [3.8, 4) is 78.8 Å². The molecule has 0 aliphatic heterocycles. The molecule has 0 saturated carbocycles. The lowest BCUT2D eigenvalue weighted by Gasteiger charge is -2.28. The van der Waals surface area contributed by atoms with Crippen LogP contribution in [0.15, 0.2) is 303 Å². The average molecular weight is 1330 g/mol. The molecular weight excluding hydrogens is 1280 g/mol. The SMILES string of the molecule is N#Cc1c(-n2c3c(c4ccc(-c5cccc6ccccc56)cc42)CCc2c-3sc3ccccc23)c(-n2c3ccccc3c3ccccc32)c(C#N)c(-n2c3cc(-c4ccccc4-c4cccc5ccccc45)ccc3c3ccc4c5ccccc5sc4c32)c1-n1c2ccccc2c2ccccc21. The number of aromatic nitrogens is 4. The predicted molar refractivity (Wildman–Crippen MR) is 428 cm³/mol. The van der Waals surface area contributed by atoms with Crippen molar-refractivity contribution < 1.29 is 0 Å². The van der Waals surface area contributed by atoms with Crippen LogP contribution in [0, 0.1) is 22.7 Å². The fourth-order valence-electron chi connectivity index (χ4n) is 17.7. The van der Waals surface area contributed by atoms with Gasteiger partial charge in [0.05, 0.1) is 76.6 Å². The van der Waals surface area contributed by atoms with Gasteiger partial charge in [-0.25, -0.2) is 0 Å².